The van der Waals surface area contributed by atoms with Crippen LogP contribution in [-0.2, 0) is 9.59 Å². The first kappa shape index (κ1) is 15.0. The number of carbonyl (C=O) groups excluding carboxylic acids is 2. The summed E-state index contributed by atoms with van der Waals surface area (Å²) in [5.41, 5.74) is 5.31. The van der Waals surface area contributed by atoms with Gasteiger partial charge in [0.25, 0.3) is 0 Å². The van der Waals surface area contributed by atoms with E-state index >= 15 is 0 Å². The zero-order valence-corrected chi connectivity index (χ0v) is 11.4. The minimum atomic E-state index is -0.250. The number of nitrogens with two attached hydrogens (primary N) is 1. The molecule has 3 N–H and O–H groups in total. The Hall–Kier alpha value is -1.10. The molecule has 5 heteroatoms. The van der Waals surface area contributed by atoms with Crippen LogP contribution in [0, 0.1) is 11.8 Å². The Bertz CT molecular complexity index is 292. The molecule has 1 saturated heterocycles. The second-order valence-corrected chi connectivity index (χ2v) is 5.51. The van der Waals surface area contributed by atoms with Crippen molar-refractivity contribution in [1.29, 1.82) is 0 Å². The number of nitrogens with zero attached hydrogens (tertiary/aromatic N) is 1. The first-order valence-electron chi connectivity index (χ1n) is 6.77. The highest BCUT2D eigenvalue weighted by Crippen LogP contribution is 2.15. The van der Waals surface area contributed by atoms with Crippen LogP contribution in [0.15, 0.2) is 0 Å². The smallest absolute Gasteiger partial charge is 0.234 e. The average Bonchev–Trinajstić information content (AvgIpc) is 2.28. The molecule has 18 heavy (non-hydrogen) atoms. The summed E-state index contributed by atoms with van der Waals surface area (Å²) in [6, 6.07) is 0. The molecular weight excluding hydrogens is 230 g/mol. The highest BCUT2D eigenvalue weighted by Gasteiger charge is 2.24. The second kappa shape index (κ2) is 7.36. The van der Waals surface area contributed by atoms with E-state index in [1.807, 2.05) is 4.90 Å². The summed E-state index contributed by atoms with van der Waals surface area (Å²) in [5.74, 6) is 0.294. The van der Waals surface area contributed by atoms with Crippen LogP contribution in [0.2, 0.25) is 0 Å². The van der Waals surface area contributed by atoms with Gasteiger partial charge in [0.1, 0.15) is 0 Å². The predicted molar refractivity (Wildman–Crippen MR) is 70.8 cm³/mol. The Balaban J connectivity index is 2.24. The third kappa shape index (κ3) is 5.49. The van der Waals surface area contributed by atoms with Gasteiger partial charge in [-0.1, -0.05) is 13.8 Å². The third-order valence-corrected chi connectivity index (χ3v) is 3.32. The van der Waals surface area contributed by atoms with Crippen molar-refractivity contribution in [2.24, 2.45) is 17.6 Å². The maximum Gasteiger partial charge on any atom is 0.234 e. The number of hydrogen-bond donors (Lipinski definition) is 2. The van der Waals surface area contributed by atoms with Crippen molar-refractivity contribution in [3.8, 4) is 0 Å². The Morgan fingerprint density at radius 3 is 2.78 bits per heavy atom. The van der Waals surface area contributed by atoms with E-state index in [0.717, 1.165) is 32.4 Å². The van der Waals surface area contributed by atoms with Crippen LogP contribution in [0.5, 0.6) is 0 Å². The predicted octanol–water partition coefficient (Wildman–Crippen LogP) is 0.346. The summed E-state index contributed by atoms with van der Waals surface area (Å²) < 4.78 is 0. The zero-order chi connectivity index (χ0) is 13.5. The number of likely N-dealkylation sites (tertiary alicyclic amines) is 1. The minimum absolute atomic E-state index is 0.0424. The molecule has 1 atom stereocenters. The minimum Gasteiger partial charge on any atom is -0.369 e. The number of rotatable bonds is 6. The van der Waals surface area contributed by atoms with Gasteiger partial charge in [-0.25, -0.2) is 0 Å². The first-order chi connectivity index (χ1) is 8.49. The lowest BCUT2D eigenvalue weighted by molar-refractivity contribution is -0.126. The summed E-state index contributed by atoms with van der Waals surface area (Å²) in [6.07, 6.45) is 2.78. The highest BCUT2D eigenvalue weighted by atomic mass is 16.2. The molecule has 0 spiro atoms. The largest absolute Gasteiger partial charge is 0.369 e. The lowest BCUT2D eigenvalue weighted by Crippen LogP contribution is -2.45. The fourth-order valence-corrected chi connectivity index (χ4v) is 2.19. The van der Waals surface area contributed by atoms with E-state index in [0.29, 0.717) is 19.0 Å². The van der Waals surface area contributed by atoms with Crippen molar-refractivity contribution in [2.45, 2.75) is 33.1 Å². The molecule has 0 radical (unpaired) electrons. The normalized spacial score (nSPS) is 20.9. The third-order valence-electron chi connectivity index (χ3n) is 3.32. The maximum absolute atomic E-state index is 11.7. The number of carbonyl (C=O) groups is 2. The maximum atomic E-state index is 11.7. The van der Waals surface area contributed by atoms with Crippen LogP contribution in [0.3, 0.4) is 0 Å². The average molecular weight is 255 g/mol. The van der Waals surface area contributed by atoms with Gasteiger partial charge in [0, 0.05) is 13.1 Å². The monoisotopic (exact) mass is 255 g/mol. The summed E-state index contributed by atoms with van der Waals surface area (Å²) in [4.78, 5) is 24.8. The van der Waals surface area contributed by atoms with Crippen molar-refractivity contribution in [3.63, 3.8) is 0 Å². The van der Waals surface area contributed by atoms with Gasteiger partial charge in [-0.3, -0.25) is 14.5 Å². The molecule has 1 rings (SSSR count). The van der Waals surface area contributed by atoms with E-state index < -0.39 is 0 Å². The molecule has 5 nitrogen and oxygen atoms in total. The van der Waals surface area contributed by atoms with E-state index in [9.17, 15) is 9.59 Å². The van der Waals surface area contributed by atoms with Gasteiger partial charge in [0.2, 0.25) is 11.8 Å². The number of primary amides is 1. The number of amides is 2. The van der Waals surface area contributed by atoms with Crippen molar-refractivity contribution in [2.75, 3.05) is 26.2 Å². The van der Waals surface area contributed by atoms with Crippen LogP contribution >= 0.6 is 0 Å². The van der Waals surface area contributed by atoms with Gasteiger partial charge >= 0.3 is 0 Å². The molecule has 0 unspecified atom stereocenters. The Labute approximate surface area is 109 Å². The molecule has 0 aromatic heterocycles. The summed E-state index contributed by atoms with van der Waals surface area (Å²) in [5, 5.41) is 2.91. The molecule has 0 bridgehead atoms. The molecule has 1 aliphatic heterocycles. The number of nitrogens with one attached hydrogen (secondary N) is 1. The first-order valence-corrected chi connectivity index (χ1v) is 6.77. The molecule has 0 aliphatic carbocycles. The Morgan fingerprint density at radius 2 is 2.17 bits per heavy atom. The van der Waals surface area contributed by atoms with Crippen LogP contribution in [0.1, 0.15) is 33.1 Å². The number of hydrogen-bond acceptors (Lipinski definition) is 3. The van der Waals surface area contributed by atoms with E-state index in [4.69, 9.17) is 5.73 Å². The quantitative estimate of drug-likeness (QED) is 0.719. The zero-order valence-electron chi connectivity index (χ0n) is 11.4. The lowest BCUT2D eigenvalue weighted by atomic mass is 9.97. The SMILES string of the molecule is CC(C)CCNC(=O)CN1CCC[C@@H](C(N)=O)C1. The fourth-order valence-electron chi connectivity index (χ4n) is 2.19. The molecule has 104 valence electrons. The van der Waals surface area contributed by atoms with Crippen molar-refractivity contribution in [3.05, 3.63) is 0 Å². The van der Waals surface area contributed by atoms with E-state index in [-0.39, 0.29) is 17.7 Å². The van der Waals surface area contributed by atoms with E-state index in [2.05, 4.69) is 19.2 Å². The summed E-state index contributed by atoms with van der Waals surface area (Å²) >= 11 is 0. The van der Waals surface area contributed by atoms with Crippen molar-refractivity contribution >= 4 is 11.8 Å². The molecule has 0 aromatic rings. The van der Waals surface area contributed by atoms with Gasteiger partial charge in [-0.05, 0) is 31.7 Å². The standard InChI is InChI=1S/C13H25N3O2/c1-10(2)5-6-15-12(17)9-16-7-3-4-11(8-16)13(14)18/h10-11H,3-9H2,1-2H3,(H2,14,18)(H,15,17)/t11-/m1/s1. The molecule has 2 amide bonds. The molecule has 1 heterocycles. The second-order valence-electron chi connectivity index (χ2n) is 5.51. The highest BCUT2D eigenvalue weighted by molar-refractivity contribution is 5.79. The van der Waals surface area contributed by atoms with Crippen LogP contribution in [0.25, 0.3) is 0 Å². The van der Waals surface area contributed by atoms with Gasteiger partial charge in [0.15, 0.2) is 0 Å². The van der Waals surface area contributed by atoms with Crippen molar-refractivity contribution < 1.29 is 9.59 Å². The van der Waals surface area contributed by atoms with Crippen LogP contribution in [-0.4, -0.2) is 42.9 Å². The topological polar surface area (TPSA) is 75.4 Å². The van der Waals surface area contributed by atoms with Crippen molar-refractivity contribution in [1.82, 2.24) is 10.2 Å². The Morgan fingerprint density at radius 1 is 1.44 bits per heavy atom. The van der Waals surface area contributed by atoms with Gasteiger partial charge in [0.05, 0.1) is 12.5 Å². The molecule has 1 aliphatic rings. The Kier molecular flexibility index (Phi) is 6.12. The summed E-state index contributed by atoms with van der Waals surface area (Å²) in [7, 11) is 0. The number of piperidine rings is 1. The van der Waals surface area contributed by atoms with Crippen LogP contribution in [0.4, 0.5) is 0 Å². The molecule has 1 fully saturated rings. The van der Waals surface area contributed by atoms with Gasteiger partial charge < -0.3 is 11.1 Å². The lowest BCUT2D eigenvalue weighted by Gasteiger charge is -2.30. The van der Waals surface area contributed by atoms with E-state index in [1.165, 1.54) is 0 Å². The molecule has 0 aromatic carbocycles. The summed E-state index contributed by atoms with van der Waals surface area (Å²) in [6.45, 7) is 6.86. The fraction of sp³-hybridized carbons (Fsp3) is 0.846. The van der Waals surface area contributed by atoms with Gasteiger partial charge in [-0.15, -0.1) is 0 Å². The van der Waals surface area contributed by atoms with E-state index in [1.54, 1.807) is 0 Å². The molecule has 0 saturated carbocycles. The molecular formula is C13H25N3O2. The van der Waals surface area contributed by atoms with Crippen LogP contribution < -0.4 is 11.1 Å². The van der Waals surface area contributed by atoms with Gasteiger partial charge in [-0.2, -0.15) is 0 Å².